The maximum atomic E-state index is 12.9. The molecular formula is C18H20N2O4. The minimum Gasteiger partial charge on any atom is -0.497 e. The first-order valence-corrected chi connectivity index (χ1v) is 7.81. The van der Waals surface area contributed by atoms with Crippen LogP contribution in [0.2, 0.25) is 0 Å². The minimum absolute atomic E-state index is 0.276. The number of hydrogen-bond acceptors (Lipinski definition) is 5. The summed E-state index contributed by atoms with van der Waals surface area (Å²) in [5.74, 6) is 0.792. The van der Waals surface area contributed by atoms with Gasteiger partial charge in [-0.1, -0.05) is 19.1 Å². The van der Waals surface area contributed by atoms with E-state index in [2.05, 4.69) is 5.10 Å². The number of furan rings is 1. The number of carbonyl (C=O) groups excluding carboxylic acids is 1. The van der Waals surface area contributed by atoms with E-state index >= 15 is 0 Å². The van der Waals surface area contributed by atoms with Gasteiger partial charge in [0.05, 0.1) is 18.9 Å². The molecule has 1 aromatic heterocycles. The van der Waals surface area contributed by atoms with Crippen molar-refractivity contribution in [3.63, 3.8) is 0 Å². The van der Waals surface area contributed by atoms with Gasteiger partial charge in [-0.2, -0.15) is 10.1 Å². The topological polar surface area (TPSA) is 75.3 Å². The maximum absolute atomic E-state index is 12.9. The van der Waals surface area contributed by atoms with Crippen LogP contribution >= 0.6 is 0 Å². The molecule has 1 atom stereocenters. The number of ether oxygens (including phenoxy) is 1. The first-order chi connectivity index (χ1) is 11.5. The summed E-state index contributed by atoms with van der Waals surface area (Å²) in [6.07, 6.45) is 2.39. The summed E-state index contributed by atoms with van der Waals surface area (Å²) >= 11 is 0. The van der Waals surface area contributed by atoms with Gasteiger partial charge in [0.15, 0.2) is 5.72 Å². The fourth-order valence-electron chi connectivity index (χ4n) is 2.83. The van der Waals surface area contributed by atoms with Crippen LogP contribution in [0.25, 0.3) is 0 Å². The molecule has 1 aromatic carbocycles. The Morgan fingerprint density at radius 2 is 2.08 bits per heavy atom. The van der Waals surface area contributed by atoms with Gasteiger partial charge in [0.2, 0.25) is 0 Å². The van der Waals surface area contributed by atoms with Crippen molar-refractivity contribution in [1.29, 1.82) is 0 Å². The van der Waals surface area contributed by atoms with Crippen LogP contribution < -0.4 is 4.74 Å². The molecule has 0 spiro atoms. The first-order valence-electron chi connectivity index (χ1n) is 7.81. The van der Waals surface area contributed by atoms with Gasteiger partial charge in [-0.05, 0) is 31.5 Å². The number of hydrazone groups is 1. The Morgan fingerprint density at radius 3 is 2.62 bits per heavy atom. The molecular weight excluding hydrogens is 308 g/mol. The van der Waals surface area contributed by atoms with Gasteiger partial charge in [-0.15, -0.1) is 0 Å². The number of benzene rings is 1. The largest absolute Gasteiger partial charge is 0.497 e. The lowest BCUT2D eigenvalue weighted by atomic mass is 9.96. The molecule has 1 aliphatic heterocycles. The smallest absolute Gasteiger partial charge is 0.280 e. The van der Waals surface area contributed by atoms with E-state index in [1.807, 2.05) is 6.92 Å². The summed E-state index contributed by atoms with van der Waals surface area (Å²) in [4.78, 5) is 12.9. The van der Waals surface area contributed by atoms with E-state index in [4.69, 9.17) is 9.15 Å². The highest BCUT2D eigenvalue weighted by Crippen LogP contribution is 2.38. The molecule has 1 amide bonds. The molecule has 0 saturated carbocycles. The summed E-state index contributed by atoms with van der Waals surface area (Å²) in [7, 11) is 1.58. The van der Waals surface area contributed by atoms with Gasteiger partial charge in [0.1, 0.15) is 11.5 Å². The number of amides is 1. The summed E-state index contributed by atoms with van der Waals surface area (Å²) in [5, 5.41) is 16.8. The van der Waals surface area contributed by atoms with Crippen molar-refractivity contribution in [2.45, 2.75) is 32.4 Å². The van der Waals surface area contributed by atoms with Crippen molar-refractivity contribution < 1.29 is 19.1 Å². The van der Waals surface area contributed by atoms with Gasteiger partial charge >= 0.3 is 0 Å². The zero-order chi connectivity index (χ0) is 17.3. The van der Waals surface area contributed by atoms with Crippen LogP contribution in [-0.2, 0) is 5.72 Å². The predicted octanol–water partition coefficient (Wildman–Crippen LogP) is 3.05. The molecule has 0 aliphatic carbocycles. The molecule has 126 valence electrons. The Morgan fingerprint density at radius 1 is 1.38 bits per heavy atom. The third-order valence-corrected chi connectivity index (χ3v) is 4.28. The van der Waals surface area contributed by atoms with Crippen molar-refractivity contribution in [2.24, 2.45) is 5.10 Å². The van der Waals surface area contributed by atoms with Gasteiger partial charge in [-0.25, -0.2) is 0 Å². The Kier molecular flexibility index (Phi) is 4.15. The SMILES string of the molecule is CCC1=NN(C(=O)c2ccoc2C)[C@@](O)(c2ccc(OC)cc2)C1. The summed E-state index contributed by atoms with van der Waals surface area (Å²) < 4.78 is 10.4. The van der Waals surface area contributed by atoms with Gasteiger partial charge in [0.25, 0.3) is 5.91 Å². The zero-order valence-corrected chi connectivity index (χ0v) is 13.9. The molecule has 0 unspecified atom stereocenters. The van der Waals surface area contributed by atoms with Crippen LogP contribution in [0, 0.1) is 6.92 Å². The molecule has 6 nitrogen and oxygen atoms in total. The lowest BCUT2D eigenvalue weighted by Gasteiger charge is -2.31. The fraction of sp³-hybridized carbons (Fsp3) is 0.333. The number of rotatable bonds is 4. The van der Waals surface area contributed by atoms with Crippen molar-refractivity contribution in [3.05, 3.63) is 53.5 Å². The van der Waals surface area contributed by atoms with E-state index in [9.17, 15) is 9.90 Å². The normalized spacial score (nSPS) is 20.2. The molecule has 1 N–H and O–H groups in total. The standard InChI is InChI=1S/C18H20N2O4/c1-4-14-11-18(22,13-5-7-15(23-3)8-6-13)20(19-14)17(21)16-9-10-24-12(16)2/h5-10,22H,4,11H2,1-3H3/t18-/m0/s1. The number of aliphatic hydroxyl groups is 1. The monoisotopic (exact) mass is 328 g/mol. The Hall–Kier alpha value is -2.60. The van der Waals surface area contributed by atoms with Crippen LogP contribution in [-0.4, -0.2) is 28.8 Å². The number of methoxy groups -OCH3 is 1. The minimum atomic E-state index is -1.52. The van der Waals surface area contributed by atoms with Crippen LogP contribution in [0.4, 0.5) is 0 Å². The number of aryl methyl sites for hydroxylation is 1. The molecule has 6 heteroatoms. The van der Waals surface area contributed by atoms with E-state index in [0.717, 1.165) is 10.7 Å². The number of hydrogen-bond donors (Lipinski definition) is 1. The summed E-state index contributed by atoms with van der Waals surface area (Å²) in [6, 6.07) is 8.59. The van der Waals surface area contributed by atoms with Crippen molar-refractivity contribution >= 4 is 11.6 Å². The lowest BCUT2D eigenvalue weighted by Crippen LogP contribution is -2.43. The molecule has 0 fully saturated rings. The average molecular weight is 328 g/mol. The molecule has 3 rings (SSSR count). The van der Waals surface area contributed by atoms with Crippen LogP contribution in [0.5, 0.6) is 5.75 Å². The van der Waals surface area contributed by atoms with E-state index in [0.29, 0.717) is 29.1 Å². The highest BCUT2D eigenvalue weighted by atomic mass is 16.5. The van der Waals surface area contributed by atoms with Crippen LogP contribution in [0.1, 0.15) is 41.4 Å². The Balaban J connectivity index is 2.01. The lowest BCUT2D eigenvalue weighted by molar-refractivity contribution is -0.0766. The van der Waals surface area contributed by atoms with E-state index < -0.39 is 5.72 Å². The number of carbonyl (C=O) groups is 1. The molecule has 1 aliphatic rings. The van der Waals surface area contributed by atoms with Crippen molar-refractivity contribution in [1.82, 2.24) is 5.01 Å². The third-order valence-electron chi connectivity index (χ3n) is 4.28. The second kappa shape index (κ2) is 6.13. The maximum Gasteiger partial charge on any atom is 0.280 e. The summed E-state index contributed by atoms with van der Waals surface area (Å²) in [5.41, 5.74) is 0.231. The zero-order valence-electron chi connectivity index (χ0n) is 13.9. The summed E-state index contributed by atoms with van der Waals surface area (Å²) in [6.45, 7) is 3.66. The molecule has 0 saturated heterocycles. The van der Waals surface area contributed by atoms with Gasteiger partial charge in [0, 0.05) is 17.7 Å². The predicted molar refractivity (Wildman–Crippen MR) is 88.8 cm³/mol. The van der Waals surface area contributed by atoms with E-state index in [1.165, 1.54) is 6.26 Å². The number of nitrogens with zero attached hydrogens (tertiary/aromatic N) is 2. The molecule has 0 bridgehead atoms. The van der Waals surface area contributed by atoms with Crippen LogP contribution in [0.3, 0.4) is 0 Å². The second-order valence-corrected chi connectivity index (χ2v) is 5.75. The molecule has 24 heavy (non-hydrogen) atoms. The Labute approximate surface area is 140 Å². The third kappa shape index (κ3) is 2.59. The highest BCUT2D eigenvalue weighted by Gasteiger charge is 2.46. The quantitative estimate of drug-likeness (QED) is 0.936. The Bertz CT molecular complexity index is 779. The first kappa shape index (κ1) is 16.3. The van der Waals surface area contributed by atoms with Crippen LogP contribution in [0.15, 0.2) is 46.1 Å². The highest BCUT2D eigenvalue weighted by molar-refractivity contribution is 5.98. The van der Waals surface area contributed by atoms with Crippen molar-refractivity contribution in [2.75, 3.05) is 7.11 Å². The second-order valence-electron chi connectivity index (χ2n) is 5.75. The average Bonchev–Trinajstić information content (AvgIpc) is 3.18. The van der Waals surface area contributed by atoms with Gasteiger partial charge in [-0.3, -0.25) is 4.79 Å². The van der Waals surface area contributed by atoms with Gasteiger partial charge < -0.3 is 14.3 Å². The fourth-order valence-corrected chi connectivity index (χ4v) is 2.83. The van der Waals surface area contributed by atoms with Crippen molar-refractivity contribution in [3.8, 4) is 5.75 Å². The molecule has 2 aromatic rings. The molecule has 0 radical (unpaired) electrons. The van der Waals surface area contributed by atoms with E-state index in [1.54, 1.807) is 44.4 Å². The van der Waals surface area contributed by atoms with E-state index in [-0.39, 0.29) is 12.3 Å². The molecule has 2 heterocycles.